The fourth-order valence-corrected chi connectivity index (χ4v) is 4.48. The van der Waals surface area contributed by atoms with Crippen LogP contribution in [0.5, 0.6) is 0 Å². The van der Waals surface area contributed by atoms with E-state index in [4.69, 9.17) is 0 Å². The van der Waals surface area contributed by atoms with Gasteiger partial charge in [0.15, 0.2) is 12.4 Å². The summed E-state index contributed by atoms with van der Waals surface area (Å²) >= 11 is 0. The van der Waals surface area contributed by atoms with Crippen LogP contribution in [0.2, 0.25) is 0 Å². The maximum absolute atomic E-state index is 13.4. The smallest absolute Gasteiger partial charge is 0.252 e. The molecule has 5 rings (SSSR count). The molecule has 0 aliphatic heterocycles. The third-order valence-electron chi connectivity index (χ3n) is 6.56. The molecule has 5 heteroatoms. The minimum absolute atomic E-state index is 0.211. The lowest BCUT2D eigenvalue weighted by Gasteiger charge is -2.13. The molecule has 0 saturated heterocycles. The monoisotopic (exact) mass is 499 g/mol. The summed E-state index contributed by atoms with van der Waals surface area (Å²) in [7, 11) is 0. The van der Waals surface area contributed by atoms with Crippen molar-refractivity contribution in [3.05, 3.63) is 137 Å². The number of nitrogens with zero attached hydrogens (tertiary/aromatic N) is 2. The van der Waals surface area contributed by atoms with Crippen molar-refractivity contribution < 1.29 is 9.52 Å². The normalized spacial score (nSPS) is 11.6. The van der Waals surface area contributed by atoms with Crippen LogP contribution in [0.25, 0.3) is 33.7 Å². The van der Waals surface area contributed by atoms with Gasteiger partial charge >= 0.3 is 0 Å². The van der Waals surface area contributed by atoms with E-state index in [0.29, 0.717) is 28.3 Å². The van der Waals surface area contributed by atoms with Crippen molar-refractivity contribution in [3.63, 3.8) is 0 Å². The minimum atomic E-state index is -0.211. The number of hydrogen-bond acceptors (Lipinski definition) is 3. The molecule has 0 fully saturated rings. The lowest BCUT2D eigenvalue weighted by Crippen LogP contribution is -2.26. The second kappa shape index (κ2) is 11.1. The summed E-state index contributed by atoms with van der Waals surface area (Å²) in [6, 6.07) is 29.7. The molecule has 0 radical (unpaired) electrons. The third kappa shape index (κ3) is 5.62. The molecule has 3 aromatic carbocycles. The summed E-state index contributed by atoms with van der Waals surface area (Å²) < 4.78 is 0.712. The summed E-state index contributed by atoms with van der Waals surface area (Å²) in [6.07, 6.45) is 6.49. The highest BCUT2D eigenvalue weighted by Crippen LogP contribution is 2.32. The first-order chi connectivity index (χ1) is 18.5. The van der Waals surface area contributed by atoms with Gasteiger partial charge in [-0.1, -0.05) is 68.4 Å². The Morgan fingerprint density at radius 3 is 2.50 bits per heavy atom. The van der Waals surface area contributed by atoms with Crippen molar-refractivity contribution in [3.8, 4) is 11.1 Å². The summed E-state index contributed by atoms with van der Waals surface area (Å²) in [5.74, 6) is 0.167. The van der Waals surface area contributed by atoms with Gasteiger partial charge in [0.1, 0.15) is 0 Å². The molecule has 5 nitrogen and oxygen atoms in total. The van der Waals surface area contributed by atoms with Crippen LogP contribution in [0.4, 0.5) is 0 Å². The number of rotatable bonds is 7. The first kappa shape index (κ1) is 24.9. The number of nitrogens with one attached hydrogen (secondary N) is 1. The first-order valence-electron chi connectivity index (χ1n) is 12.7. The van der Waals surface area contributed by atoms with Crippen LogP contribution < -0.4 is 10.0 Å². The van der Waals surface area contributed by atoms with Crippen LogP contribution in [-0.4, -0.2) is 10.9 Å². The Bertz CT molecular complexity index is 1610. The van der Waals surface area contributed by atoms with Gasteiger partial charge in [0.25, 0.3) is 5.91 Å². The molecule has 0 atom stereocenters. The molecule has 188 valence electrons. The number of aromatic nitrogens is 2. The average molecular weight is 500 g/mol. The van der Waals surface area contributed by atoms with E-state index >= 15 is 0 Å². The number of hydrogen-bond donors (Lipinski definition) is 1. The SMILES string of the molecule is CC(C)c1cc(-c2cccc(C=C(C(=O)NCc3ccccc3)c3cc[n+]([O-])cc3)c2)c2ncccc2c1. The number of carbonyl (C=O) groups excluding carboxylic acids is 1. The highest BCUT2D eigenvalue weighted by atomic mass is 16.5. The largest absolute Gasteiger partial charge is 0.619 e. The predicted molar refractivity (Wildman–Crippen MR) is 153 cm³/mol. The van der Waals surface area contributed by atoms with Gasteiger partial charge in [0.05, 0.1) is 5.52 Å². The molecule has 0 spiro atoms. The number of pyridine rings is 2. The van der Waals surface area contributed by atoms with E-state index in [1.807, 2.05) is 60.8 Å². The predicted octanol–water partition coefficient (Wildman–Crippen LogP) is 6.52. The molecule has 2 aromatic heterocycles. The third-order valence-corrected chi connectivity index (χ3v) is 6.56. The Labute approximate surface area is 222 Å². The molecule has 0 aliphatic rings. The lowest BCUT2D eigenvalue weighted by atomic mass is 9.93. The maximum atomic E-state index is 13.4. The summed E-state index contributed by atoms with van der Waals surface area (Å²) in [4.78, 5) is 18.1. The molecule has 1 amide bonds. The molecule has 0 aliphatic carbocycles. The number of amides is 1. The van der Waals surface area contributed by atoms with E-state index in [9.17, 15) is 10.0 Å². The van der Waals surface area contributed by atoms with E-state index in [2.05, 4.69) is 54.5 Å². The Balaban J connectivity index is 1.55. The van der Waals surface area contributed by atoms with Crippen molar-refractivity contribution in [2.45, 2.75) is 26.3 Å². The highest BCUT2D eigenvalue weighted by Gasteiger charge is 2.15. The fraction of sp³-hybridized carbons (Fsp3) is 0.121. The van der Waals surface area contributed by atoms with Gasteiger partial charge < -0.3 is 10.5 Å². The number of carbonyl (C=O) groups is 1. The van der Waals surface area contributed by atoms with Crippen molar-refractivity contribution in [2.75, 3.05) is 0 Å². The molecule has 1 N–H and O–H groups in total. The molecule has 5 aromatic rings. The molecule has 0 unspecified atom stereocenters. The molecular weight excluding hydrogens is 470 g/mol. The van der Waals surface area contributed by atoms with Gasteiger partial charge in [0, 0.05) is 41.4 Å². The summed E-state index contributed by atoms with van der Waals surface area (Å²) in [5, 5.41) is 15.8. The highest BCUT2D eigenvalue weighted by molar-refractivity contribution is 6.24. The quantitative estimate of drug-likeness (QED) is 0.158. The fourth-order valence-electron chi connectivity index (χ4n) is 4.48. The second-order valence-electron chi connectivity index (χ2n) is 9.60. The van der Waals surface area contributed by atoms with Crippen LogP contribution >= 0.6 is 0 Å². The van der Waals surface area contributed by atoms with Gasteiger partial charge in [-0.05, 0) is 64.1 Å². The van der Waals surface area contributed by atoms with Crippen LogP contribution in [0.3, 0.4) is 0 Å². The zero-order valence-electron chi connectivity index (χ0n) is 21.5. The number of fused-ring (bicyclic) bond motifs is 1. The van der Waals surface area contributed by atoms with E-state index in [1.54, 1.807) is 12.1 Å². The second-order valence-corrected chi connectivity index (χ2v) is 9.60. The van der Waals surface area contributed by atoms with Gasteiger partial charge in [-0.15, -0.1) is 0 Å². The topological polar surface area (TPSA) is 68.9 Å². The van der Waals surface area contributed by atoms with E-state index in [1.165, 1.54) is 18.0 Å². The van der Waals surface area contributed by atoms with Crippen LogP contribution in [-0.2, 0) is 11.3 Å². The standard InChI is InChI=1S/C33H29N3O2/c1-23(2)29-20-28-12-7-15-34-32(28)30(21-29)27-11-6-10-25(18-27)19-31(26-13-16-36(38)17-14-26)33(37)35-22-24-8-4-3-5-9-24/h3-21,23H,22H2,1-2H3,(H,35,37). The van der Waals surface area contributed by atoms with Gasteiger partial charge in [0.2, 0.25) is 0 Å². The molecule has 38 heavy (non-hydrogen) atoms. The Kier molecular flexibility index (Phi) is 7.27. The average Bonchev–Trinajstić information content (AvgIpc) is 2.95. The van der Waals surface area contributed by atoms with Gasteiger partial charge in [-0.25, -0.2) is 0 Å². The molecule has 2 heterocycles. The van der Waals surface area contributed by atoms with Crippen LogP contribution in [0.15, 0.2) is 110 Å². The molecular formula is C33H29N3O2. The Morgan fingerprint density at radius 2 is 1.74 bits per heavy atom. The van der Waals surface area contributed by atoms with E-state index in [0.717, 1.165) is 33.2 Å². The Hall–Kier alpha value is -4.77. The van der Waals surface area contributed by atoms with Crippen molar-refractivity contribution in [1.29, 1.82) is 0 Å². The molecule has 0 saturated carbocycles. The van der Waals surface area contributed by atoms with Gasteiger partial charge in [-0.3, -0.25) is 9.78 Å². The van der Waals surface area contributed by atoms with E-state index < -0.39 is 0 Å². The summed E-state index contributed by atoms with van der Waals surface area (Å²) in [5.41, 5.74) is 7.32. The van der Waals surface area contributed by atoms with Crippen molar-refractivity contribution in [2.24, 2.45) is 0 Å². The van der Waals surface area contributed by atoms with E-state index in [-0.39, 0.29) is 5.91 Å². The summed E-state index contributed by atoms with van der Waals surface area (Å²) in [6.45, 7) is 4.78. The Morgan fingerprint density at radius 1 is 0.947 bits per heavy atom. The van der Waals surface area contributed by atoms with Crippen LogP contribution in [0.1, 0.15) is 42.0 Å². The maximum Gasteiger partial charge on any atom is 0.252 e. The lowest BCUT2D eigenvalue weighted by molar-refractivity contribution is -0.605. The van der Waals surface area contributed by atoms with Crippen LogP contribution in [0, 0.1) is 5.21 Å². The van der Waals surface area contributed by atoms with Crippen molar-refractivity contribution in [1.82, 2.24) is 10.3 Å². The zero-order chi connectivity index (χ0) is 26.5. The minimum Gasteiger partial charge on any atom is -0.619 e. The van der Waals surface area contributed by atoms with Crippen molar-refractivity contribution >= 4 is 28.5 Å². The zero-order valence-corrected chi connectivity index (χ0v) is 21.5. The number of benzene rings is 3. The van der Waals surface area contributed by atoms with Gasteiger partial charge in [-0.2, -0.15) is 4.73 Å². The first-order valence-corrected chi connectivity index (χ1v) is 12.7. The molecule has 0 bridgehead atoms.